The first kappa shape index (κ1) is 9.26. The Morgan fingerprint density at radius 2 is 2.17 bits per heavy atom. The Hall–Kier alpha value is -0.830. The van der Waals surface area contributed by atoms with Gasteiger partial charge < -0.3 is 4.74 Å². The summed E-state index contributed by atoms with van der Waals surface area (Å²) >= 11 is 5.62. The Morgan fingerprint density at radius 3 is 2.83 bits per heavy atom. The summed E-state index contributed by atoms with van der Waals surface area (Å²) in [4.78, 5) is 0. The fraction of sp³-hybridized carbons (Fsp3) is 0.250. The fourth-order valence-corrected chi connectivity index (χ4v) is 0.908. The van der Waals surface area contributed by atoms with Gasteiger partial charge in [0, 0.05) is 6.07 Å². The van der Waals surface area contributed by atoms with Crippen molar-refractivity contribution >= 4 is 11.6 Å². The molecule has 0 aliphatic rings. The molecule has 0 unspecified atom stereocenters. The highest BCUT2D eigenvalue weighted by molar-refractivity contribution is 6.32. The molecule has 0 amide bonds. The highest BCUT2D eigenvalue weighted by Gasteiger charge is 2.02. The van der Waals surface area contributed by atoms with E-state index in [9.17, 15) is 8.78 Å². The third kappa shape index (κ3) is 2.34. The van der Waals surface area contributed by atoms with E-state index in [1.165, 1.54) is 12.1 Å². The van der Waals surface area contributed by atoms with Gasteiger partial charge >= 0.3 is 0 Å². The van der Waals surface area contributed by atoms with Crippen molar-refractivity contribution in [3.63, 3.8) is 0 Å². The molecule has 0 aliphatic carbocycles. The van der Waals surface area contributed by atoms with Gasteiger partial charge in [-0.1, -0.05) is 11.6 Å². The summed E-state index contributed by atoms with van der Waals surface area (Å²) in [5, 5.41) is 0.282. The van der Waals surface area contributed by atoms with Crippen LogP contribution in [0.15, 0.2) is 18.2 Å². The third-order valence-corrected chi connectivity index (χ3v) is 1.54. The van der Waals surface area contributed by atoms with Gasteiger partial charge in [0.1, 0.15) is 24.8 Å². The predicted molar refractivity (Wildman–Crippen MR) is 42.9 cm³/mol. The van der Waals surface area contributed by atoms with E-state index in [4.69, 9.17) is 16.3 Å². The van der Waals surface area contributed by atoms with E-state index in [0.717, 1.165) is 6.07 Å². The van der Waals surface area contributed by atoms with Gasteiger partial charge in [-0.3, -0.25) is 0 Å². The first-order chi connectivity index (χ1) is 5.74. The fourth-order valence-electron chi connectivity index (χ4n) is 0.736. The molecule has 1 rings (SSSR count). The van der Waals surface area contributed by atoms with Crippen molar-refractivity contribution in [1.82, 2.24) is 0 Å². The van der Waals surface area contributed by atoms with Gasteiger partial charge in [0.2, 0.25) is 0 Å². The summed E-state index contributed by atoms with van der Waals surface area (Å²) in [6, 6.07) is 3.70. The SMILES string of the molecule is FCCOc1cc(F)ccc1Cl. The van der Waals surface area contributed by atoms with Gasteiger partial charge in [-0.05, 0) is 12.1 Å². The van der Waals surface area contributed by atoms with E-state index in [0.29, 0.717) is 0 Å². The van der Waals surface area contributed by atoms with Crippen LogP contribution in [0.4, 0.5) is 8.78 Å². The molecular formula is C8H7ClF2O. The van der Waals surface area contributed by atoms with Crippen molar-refractivity contribution in [2.45, 2.75) is 0 Å². The number of hydrogen-bond donors (Lipinski definition) is 0. The minimum atomic E-state index is -0.618. The summed E-state index contributed by atoms with van der Waals surface area (Å²) in [6.45, 7) is -0.726. The van der Waals surface area contributed by atoms with Gasteiger partial charge in [-0.15, -0.1) is 0 Å². The van der Waals surface area contributed by atoms with Crippen molar-refractivity contribution < 1.29 is 13.5 Å². The average Bonchev–Trinajstić information content (AvgIpc) is 2.07. The number of alkyl halides is 1. The van der Waals surface area contributed by atoms with Crippen LogP contribution < -0.4 is 4.74 Å². The second-order valence-corrected chi connectivity index (χ2v) is 2.52. The average molecular weight is 193 g/mol. The molecule has 4 heteroatoms. The zero-order valence-corrected chi connectivity index (χ0v) is 6.94. The van der Waals surface area contributed by atoms with E-state index in [-0.39, 0.29) is 17.4 Å². The molecule has 1 aromatic carbocycles. The van der Waals surface area contributed by atoms with Gasteiger partial charge in [-0.25, -0.2) is 8.78 Å². The largest absolute Gasteiger partial charge is 0.489 e. The van der Waals surface area contributed by atoms with Crippen LogP contribution in [-0.2, 0) is 0 Å². The lowest BCUT2D eigenvalue weighted by Crippen LogP contribution is -1.99. The lowest BCUT2D eigenvalue weighted by molar-refractivity contribution is 0.272. The normalized spacial score (nSPS) is 9.92. The van der Waals surface area contributed by atoms with Crippen LogP contribution >= 0.6 is 11.6 Å². The van der Waals surface area contributed by atoms with Crippen molar-refractivity contribution in [3.8, 4) is 5.75 Å². The smallest absolute Gasteiger partial charge is 0.140 e. The molecular weight excluding hydrogens is 186 g/mol. The number of rotatable bonds is 3. The van der Waals surface area contributed by atoms with Crippen molar-refractivity contribution in [2.75, 3.05) is 13.3 Å². The molecule has 0 atom stereocenters. The molecule has 1 nitrogen and oxygen atoms in total. The molecule has 0 aliphatic heterocycles. The zero-order valence-electron chi connectivity index (χ0n) is 6.19. The van der Waals surface area contributed by atoms with E-state index in [2.05, 4.69) is 0 Å². The first-order valence-corrected chi connectivity index (χ1v) is 3.75. The lowest BCUT2D eigenvalue weighted by atomic mass is 10.3. The highest BCUT2D eigenvalue weighted by atomic mass is 35.5. The number of halogens is 3. The maximum absolute atomic E-state index is 12.5. The Bertz CT molecular complexity index is 265. The molecule has 0 bridgehead atoms. The van der Waals surface area contributed by atoms with Gasteiger partial charge in [-0.2, -0.15) is 0 Å². The Morgan fingerprint density at radius 1 is 1.42 bits per heavy atom. The van der Waals surface area contributed by atoms with Crippen LogP contribution in [0, 0.1) is 5.82 Å². The lowest BCUT2D eigenvalue weighted by Gasteiger charge is -2.04. The van der Waals surface area contributed by atoms with Crippen LogP contribution in [0.2, 0.25) is 5.02 Å². The Balaban J connectivity index is 2.75. The highest BCUT2D eigenvalue weighted by Crippen LogP contribution is 2.24. The minimum absolute atomic E-state index is 0.108. The first-order valence-electron chi connectivity index (χ1n) is 3.38. The van der Waals surface area contributed by atoms with E-state index >= 15 is 0 Å². The van der Waals surface area contributed by atoms with Crippen LogP contribution in [0.25, 0.3) is 0 Å². The van der Waals surface area contributed by atoms with Gasteiger partial charge in [0.15, 0.2) is 0 Å². The molecule has 0 saturated heterocycles. The molecule has 0 radical (unpaired) electrons. The molecule has 0 aromatic heterocycles. The van der Waals surface area contributed by atoms with E-state index in [1.807, 2.05) is 0 Å². The summed E-state index contributed by atoms with van der Waals surface area (Å²) in [6.07, 6.45) is 0. The predicted octanol–water partition coefficient (Wildman–Crippen LogP) is 2.83. The number of ether oxygens (including phenoxy) is 1. The maximum atomic E-state index is 12.5. The second-order valence-electron chi connectivity index (χ2n) is 2.11. The molecule has 0 N–H and O–H groups in total. The standard InChI is InChI=1S/C8H7ClF2O/c9-7-2-1-6(11)5-8(7)12-4-3-10/h1-2,5H,3-4H2. The molecule has 66 valence electrons. The number of benzene rings is 1. The van der Waals surface area contributed by atoms with Crippen molar-refractivity contribution in [2.24, 2.45) is 0 Å². The third-order valence-electron chi connectivity index (χ3n) is 1.23. The molecule has 0 heterocycles. The Kier molecular flexibility index (Phi) is 3.29. The van der Waals surface area contributed by atoms with Crippen LogP contribution in [-0.4, -0.2) is 13.3 Å². The summed E-state index contributed by atoms with van der Waals surface area (Å²) in [5.74, 6) is -0.275. The molecule has 0 spiro atoms. The zero-order chi connectivity index (χ0) is 8.97. The van der Waals surface area contributed by atoms with E-state index < -0.39 is 12.5 Å². The minimum Gasteiger partial charge on any atom is -0.489 e. The molecule has 1 aromatic rings. The van der Waals surface area contributed by atoms with Crippen LogP contribution in [0.3, 0.4) is 0 Å². The quantitative estimate of drug-likeness (QED) is 0.716. The summed E-state index contributed by atoms with van der Waals surface area (Å²) in [7, 11) is 0. The maximum Gasteiger partial charge on any atom is 0.140 e. The molecule has 0 fully saturated rings. The Labute approximate surface area is 73.9 Å². The monoisotopic (exact) mass is 192 g/mol. The van der Waals surface area contributed by atoms with Gasteiger partial charge in [0.25, 0.3) is 0 Å². The topological polar surface area (TPSA) is 9.23 Å². The van der Waals surface area contributed by atoms with Gasteiger partial charge in [0.05, 0.1) is 5.02 Å². The summed E-state index contributed by atoms with van der Waals surface area (Å²) < 4.78 is 29.0. The second kappa shape index (κ2) is 4.26. The van der Waals surface area contributed by atoms with Crippen molar-refractivity contribution in [3.05, 3.63) is 29.0 Å². The van der Waals surface area contributed by atoms with Crippen LogP contribution in [0.5, 0.6) is 5.75 Å². The summed E-state index contributed by atoms with van der Waals surface area (Å²) in [5.41, 5.74) is 0. The number of hydrogen-bond acceptors (Lipinski definition) is 1. The molecule has 0 saturated carbocycles. The van der Waals surface area contributed by atoms with E-state index in [1.54, 1.807) is 0 Å². The molecule has 12 heavy (non-hydrogen) atoms. The van der Waals surface area contributed by atoms with Crippen LogP contribution in [0.1, 0.15) is 0 Å². The van der Waals surface area contributed by atoms with Crippen molar-refractivity contribution in [1.29, 1.82) is 0 Å².